The second-order valence-corrected chi connectivity index (χ2v) is 7.65. The smallest absolute Gasteiger partial charge is 0.336 e. The predicted octanol–water partition coefficient (Wildman–Crippen LogP) is 2.27. The van der Waals surface area contributed by atoms with Crippen LogP contribution in [-0.4, -0.2) is 37.3 Å². The molecule has 0 aromatic rings. The van der Waals surface area contributed by atoms with Crippen LogP contribution in [0.2, 0.25) is 0 Å². The fourth-order valence-electron chi connectivity index (χ4n) is 4.21. The highest BCUT2D eigenvalue weighted by Crippen LogP contribution is 2.42. The van der Waals surface area contributed by atoms with Gasteiger partial charge in [-0.1, -0.05) is 25.7 Å². The molecular formula is C20H31N3O4S. The Labute approximate surface area is 172 Å². The van der Waals surface area contributed by atoms with Gasteiger partial charge in [-0.2, -0.15) is 0 Å². The van der Waals surface area contributed by atoms with Gasteiger partial charge >= 0.3 is 11.9 Å². The van der Waals surface area contributed by atoms with Crippen LogP contribution in [-0.2, 0) is 19.1 Å². The maximum atomic E-state index is 13.0. The third kappa shape index (κ3) is 5.25. The van der Waals surface area contributed by atoms with Gasteiger partial charge in [0.2, 0.25) is 0 Å². The van der Waals surface area contributed by atoms with Gasteiger partial charge < -0.3 is 25.8 Å². The van der Waals surface area contributed by atoms with E-state index in [-0.39, 0.29) is 30.1 Å². The minimum Gasteiger partial charge on any atom is -0.466 e. The lowest BCUT2D eigenvalue weighted by atomic mass is 9.73. The predicted molar refractivity (Wildman–Crippen MR) is 111 cm³/mol. The van der Waals surface area contributed by atoms with E-state index in [0.29, 0.717) is 22.5 Å². The van der Waals surface area contributed by atoms with Crippen LogP contribution in [0.3, 0.4) is 0 Å². The number of dihydropyridines is 1. The number of nitrogens with two attached hydrogens (primary N) is 1. The molecule has 2 aliphatic rings. The molecule has 0 bridgehead atoms. The molecule has 0 aromatic carbocycles. The van der Waals surface area contributed by atoms with Crippen molar-refractivity contribution in [3.8, 4) is 0 Å². The van der Waals surface area contributed by atoms with Crippen LogP contribution in [0, 0.1) is 11.8 Å². The molecular weight excluding hydrogens is 378 g/mol. The van der Waals surface area contributed by atoms with Gasteiger partial charge in [-0.25, -0.2) is 9.59 Å². The molecule has 1 heterocycles. The van der Waals surface area contributed by atoms with Crippen molar-refractivity contribution in [2.45, 2.75) is 52.4 Å². The highest BCUT2D eigenvalue weighted by Gasteiger charge is 2.41. The number of hydrogen-bond acceptors (Lipinski definition) is 6. The molecule has 1 saturated carbocycles. The molecule has 2 rings (SSSR count). The van der Waals surface area contributed by atoms with Crippen molar-refractivity contribution in [2.24, 2.45) is 17.6 Å². The molecule has 7 nitrogen and oxygen atoms in total. The minimum absolute atomic E-state index is 0.143. The third-order valence-electron chi connectivity index (χ3n) is 5.40. The van der Waals surface area contributed by atoms with Crippen molar-refractivity contribution in [3.63, 3.8) is 0 Å². The Balaban J connectivity index is 2.55. The normalized spacial score (nSPS) is 20.9. The molecule has 0 radical (unpaired) electrons. The number of carbonyl (C=O) groups excluding carboxylic acids is 2. The molecule has 0 amide bonds. The van der Waals surface area contributed by atoms with Gasteiger partial charge in [0.25, 0.3) is 0 Å². The average Bonchev–Trinajstić information content (AvgIpc) is 2.94. The van der Waals surface area contributed by atoms with Gasteiger partial charge in [-0.3, -0.25) is 0 Å². The number of carbonyl (C=O) groups is 2. The zero-order chi connectivity index (χ0) is 20.7. The summed E-state index contributed by atoms with van der Waals surface area (Å²) in [6, 6.07) is 0. The minimum atomic E-state index is -0.419. The Morgan fingerprint density at radius 3 is 2.36 bits per heavy atom. The largest absolute Gasteiger partial charge is 0.466 e. The van der Waals surface area contributed by atoms with E-state index in [4.69, 9.17) is 27.4 Å². The summed E-state index contributed by atoms with van der Waals surface area (Å²) in [4.78, 5) is 25.6. The standard InChI is InChI=1S/C20H31N3O4S/c1-4-27-19(25)17-14(11-22-20(21)28)23-12(2)15(18(24)26-3)16(17)13-9-7-5-6-8-10-13/h13,16,23H,4-11H2,1-3H3,(H3,21,22,28). The van der Waals surface area contributed by atoms with Gasteiger partial charge in [0, 0.05) is 17.3 Å². The fraction of sp³-hybridized carbons (Fsp3) is 0.650. The SMILES string of the molecule is CCOC(=O)C1=C(CNC(N)=S)NC(C)=C(C(=O)OC)C1C1CCCCCC1. The quantitative estimate of drug-likeness (QED) is 0.349. The van der Waals surface area contributed by atoms with Gasteiger partial charge in [0.1, 0.15) is 0 Å². The van der Waals surface area contributed by atoms with Crippen molar-refractivity contribution in [1.29, 1.82) is 0 Å². The van der Waals surface area contributed by atoms with Crippen LogP contribution in [0.1, 0.15) is 52.4 Å². The first-order valence-corrected chi connectivity index (χ1v) is 10.3. The Morgan fingerprint density at radius 2 is 1.82 bits per heavy atom. The number of thiocarbonyl (C=S) groups is 1. The maximum Gasteiger partial charge on any atom is 0.336 e. The zero-order valence-electron chi connectivity index (χ0n) is 16.9. The molecule has 1 aliphatic heterocycles. The van der Waals surface area contributed by atoms with Crippen molar-refractivity contribution >= 4 is 29.3 Å². The van der Waals surface area contributed by atoms with E-state index in [1.54, 1.807) is 6.92 Å². The summed E-state index contributed by atoms with van der Waals surface area (Å²) in [5.41, 5.74) is 7.91. The number of esters is 2. The van der Waals surface area contributed by atoms with Crippen LogP contribution >= 0.6 is 12.2 Å². The summed E-state index contributed by atoms with van der Waals surface area (Å²) in [6.07, 6.45) is 6.42. The zero-order valence-corrected chi connectivity index (χ0v) is 17.7. The molecule has 0 saturated heterocycles. The molecule has 4 N–H and O–H groups in total. The molecule has 1 atom stereocenters. The van der Waals surface area contributed by atoms with Gasteiger partial charge in [0.05, 0.1) is 31.4 Å². The Bertz CT molecular complexity index is 679. The van der Waals surface area contributed by atoms with Crippen LogP contribution in [0.25, 0.3) is 0 Å². The third-order valence-corrected chi connectivity index (χ3v) is 5.55. The topological polar surface area (TPSA) is 103 Å². The number of ether oxygens (including phenoxy) is 2. The van der Waals surface area contributed by atoms with Crippen molar-refractivity contribution in [3.05, 3.63) is 22.5 Å². The second-order valence-electron chi connectivity index (χ2n) is 7.22. The van der Waals surface area contributed by atoms with Crippen molar-refractivity contribution in [1.82, 2.24) is 10.6 Å². The summed E-state index contributed by atoms with van der Waals surface area (Å²) in [7, 11) is 1.37. The monoisotopic (exact) mass is 409 g/mol. The van der Waals surface area contributed by atoms with E-state index in [1.165, 1.54) is 20.0 Å². The maximum absolute atomic E-state index is 13.0. The lowest BCUT2D eigenvalue weighted by Gasteiger charge is -2.35. The summed E-state index contributed by atoms with van der Waals surface area (Å²) in [5, 5.41) is 6.23. The number of nitrogens with one attached hydrogen (secondary N) is 2. The lowest BCUT2D eigenvalue weighted by molar-refractivity contribution is -0.139. The highest BCUT2D eigenvalue weighted by molar-refractivity contribution is 7.80. The summed E-state index contributed by atoms with van der Waals surface area (Å²) in [5.74, 6) is -1.03. The van der Waals surface area contributed by atoms with E-state index < -0.39 is 11.9 Å². The molecule has 0 aromatic heterocycles. The number of methoxy groups -OCH3 is 1. The van der Waals surface area contributed by atoms with E-state index in [0.717, 1.165) is 25.7 Å². The first-order chi connectivity index (χ1) is 13.4. The first-order valence-electron chi connectivity index (χ1n) is 9.90. The molecule has 1 aliphatic carbocycles. The highest BCUT2D eigenvalue weighted by atomic mass is 32.1. The molecule has 8 heteroatoms. The number of hydrogen-bond donors (Lipinski definition) is 3. The van der Waals surface area contributed by atoms with E-state index in [2.05, 4.69) is 10.6 Å². The van der Waals surface area contributed by atoms with Crippen molar-refractivity contribution < 1.29 is 19.1 Å². The summed E-state index contributed by atoms with van der Waals surface area (Å²) in [6.45, 7) is 4.12. The van der Waals surface area contributed by atoms with Gasteiger partial charge in [-0.15, -0.1) is 0 Å². The molecule has 0 spiro atoms. The summed E-state index contributed by atoms with van der Waals surface area (Å²) < 4.78 is 10.4. The molecule has 156 valence electrons. The Morgan fingerprint density at radius 1 is 1.18 bits per heavy atom. The number of rotatable bonds is 6. The first kappa shape index (κ1) is 22.2. The van der Waals surface area contributed by atoms with E-state index in [1.807, 2.05) is 6.92 Å². The lowest BCUT2D eigenvalue weighted by Crippen LogP contribution is -2.42. The van der Waals surface area contributed by atoms with E-state index in [9.17, 15) is 9.59 Å². The van der Waals surface area contributed by atoms with Gasteiger partial charge in [-0.05, 0) is 44.8 Å². The average molecular weight is 410 g/mol. The van der Waals surface area contributed by atoms with Crippen LogP contribution < -0.4 is 16.4 Å². The molecule has 28 heavy (non-hydrogen) atoms. The van der Waals surface area contributed by atoms with Crippen LogP contribution in [0.5, 0.6) is 0 Å². The Kier molecular flexibility index (Phi) is 8.29. The van der Waals surface area contributed by atoms with Gasteiger partial charge in [0.15, 0.2) is 5.11 Å². The molecule has 1 unspecified atom stereocenters. The van der Waals surface area contributed by atoms with E-state index >= 15 is 0 Å². The second kappa shape index (κ2) is 10.5. The number of allylic oxidation sites excluding steroid dienone is 1. The van der Waals surface area contributed by atoms with Crippen LogP contribution in [0.15, 0.2) is 22.5 Å². The van der Waals surface area contributed by atoms with Crippen molar-refractivity contribution in [2.75, 3.05) is 20.3 Å². The van der Waals surface area contributed by atoms with Crippen LogP contribution in [0.4, 0.5) is 0 Å². The molecule has 1 fully saturated rings. The Hall–Kier alpha value is -2.09. The fourth-order valence-corrected chi connectivity index (χ4v) is 4.28. The summed E-state index contributed by atoms with van der Waals surface area (Å²) >= 11 is 4.92.